The first-order valence-electron chi connectivity index (χ1n) is 10.8. The Labute approximate surface area is 181 Å². The summed E-state index contributed by atoms with van der Waals surface area (Å²) in [5, 5.41) is 5.21. The number of carbonyl (C=O) groups is 4. The molecule has 1 saturated heterocycles. The van der Waals surface area contributed by atoms with Crippen molar-refractivity contribution in [2.24, 2.45) is 5.92 Å². The number of likely N-dealkylation sites (tertiary alicyclic amines) is 1. The van der Waals surface area contributed by atoms with Gasteiger partial charge in [0.15, 0.2) is 0 Å². The van der Waals surface area contributed by atoms with Crippen molar-refractivity contribution in [3.05, 3.63) is 29.3 Å². The summed E-state index contributed by atoms with van der Waals surface area (Å²) < 4.78 is 5.39. The van der Waals surface area contributed by atoms with E-state index in [1.807, 2.05) is 11.0 Å². The zero-order valence-corrected chi connectivity index (χ0v) is 17.7. The molecule has 1 aliphatic carbocycles. The molecule has 166 valence electrons. The number of hydrogen-bond donors (Lipinski definition) is 2. The van der Waals surface area contributed by atoms with E-state index in [0.29, 0.717) is 24.4 Å². The Morgan fingerprint density at radius 3 is 2.71 bits per heavy atom. The predicted octanol–water partition coefficient (Wildman–Crippen LogP) is 2.25. The van der Waals surface area contributed by atoms with Crippen molar-refractivity contribution in [3.8, 4) is 0 Å². The minimum absolute atomic E-state index is 0.000798. The Bertz CT molecular complexity index is 902. The number of amides is 5. The van der Waals surface area contributed by atoms with Gasteiger partial charge in [0.2, 0.25) is 11.8 Å². The molecule has 1 aromatic rings. The number of ether oxygens (including phenoxy) is 1. The zero-order valence-electron chi connectivity index (χ0n) is 17.7. The van der Waals surface area contributed by atoms with E-state index in [0.717, 1.165) is 41.8 Å². The lowest BCUT2D eigenvalue weighted by atomic mass is 10.0. The molecule has 2 unspecified atom stereocenters. The summed E-state index contributed by atoms with van der Waals surface area (Å²) in [5.41, 5.74) is 2.35. The van der Waals surface area contributed by atoms with Crippen LogP contribution < -0.4 is 10.6 Å². The van der Waals surface area contributed by atoms with Crippen LogP contribution in [0.15, 0.2) is 18.2 Å². The molecular weight excluding hydrogens is 400 g/mol. The van der Waals surface area contributed by atoms with E-state index in [-0.39, 0.29) is 37.6 Å². The number of cyclic esters (lactones) is 1. The predicted molar refractivity (Wildman–Crippen MR) is 112 cm³/mol. The number of nitrogens with one attached hydrogen (secondary N) is 2. The van der Waals surface area contributed by atoms with E-state index in [1.54, 1.807) is 12.1 Å². The fraction of sp³-hybridized carbons (Fsp3) is 0.545. The normalized spacial score (nSPS) is 23.3. The summed E-state index contributed by atoms with van der Waals surface area (Å²) in [7, 11) is 1.53. The van der Waals surface area contributed by atoms with Gasteiger partial charge in [0, 0.05) is 31.7 Å². The number of carbonyl (C=O) groups excluding carboxylic acids is 4. The van der Waals surface area contributed by atoms with E-state index in [2.05, 4.69) is 10.6 Å². The highest BCUT2D eigenvalue weighted by Gasteiger charge is 2.41. The highest BCUT2D eigenvalue weighted by atomic mass is 16.6. The van der Waals surface area contributed by atoms with Crippen LogP contribution in [-0.4, -0.2) is 59.9 Å². The van der Waals surface area contributed by atoms with Crippen LogP contribution in [0.2, 0.25) is 0 Å². The molecule has 2 fully saturated rings. The molecular formula is C22H28N4O5. The maximum absolute atomic E-state index is 12.8. The standard InChI is InChI=1S/C22H28N4O5/c1-23-21(29)24-17-7-6-16-13-31-22(30)26(19(27)4-2-3-15(16)10-17)12-20(28)25-11-14-5-8-18(25)9-14/h6-7,10,14,18H,2-5,8-9,11-13H2,1H3,(H2,23,24,29). The van der Waals surface area contributed by atoms with Gasteiger partial charge in [-0.2, -0.15) is 0 Å². The van der Waals surface area contributed by atoms with Crippen LogP contribution in [-0.2, 0) is 27.4 Å². The van der Waals surface area contributed by atoms with Gasteiger partial charge in [-0.3, -0.25) is 9.59 Å². The number of aryl methyl sites for hydroxylation is 1. The van der Waals surface area contributed by atoms with E-state index in [9.17, 15) is 19.2 Å². The lowest BCUT2D eigenvalue weighted by Gasteiger charge is -2.29. The van der Waals surface area contributed by atoms with Crippen molar-refractivity contribution in [2.75, 3.05) is 25.5 Å². The number of nitrogens with zero attached hydrogens (tertiary/aromatic N) is 2. The van der Waals surface area contributed by atoms with E-state index in [1.165, 1.54) is 7.05 Å². The molecule has 2 heterocycles. The van der Waals surface area contributed by atoms with Crippen LogP contribution in [0.1, 0.15) is 43.2 Å². The third kappa shape index (κ3) is 4.65. The third-order valence-corrected chi connectivity index (χ3v) is 6.42. The largest absolute Gasteiger partial charge is 0.444 e. The first-order chi connectivity index (χ1) is 14.9. The SMILES string of the molecule is CNC(=O)Nc1ccc2c(c1)CCCC(=O)N(CC(=O)N1CC3CCC1C3)C(=O)OC2. The second kappa shape index (κ2) is 8.95. The molecule has 9 heteroatoms. The van der Waals surface area contributed by atoms with Crippen molar-refractivity contribution in [1.82, 2.24) is 15.1 Å². The van der Waals surface area contributed by atoms with Crippen molar-refractivity contribution >= 4 is 29.6 Å². The van der Waals surface area contributed by atoms with Gasteiger partial charge in [-0.1, -0.05) is 6.07 Å². The van der Waals surface area contributed by atoms with Crippen LogP contribution >= 0.6 is 0 Å². The van der Waals surface area contributed by atoms with Crippen molar-refractivity contribution in [2.45, 2.75) is 51.2 Å². The average Bonchev–Trinajstić information content (AvgIpc) is 3.39. The minimum Gasteiger partial charge on any atom is -0.444 e. The molecule has 9 nitrogen and oxygen atoms in total. The number of urea groups is 1. The molecule has 1 aromatic carbocycles. The molecule has 2 N–H and O–H groups in total. The highest BCUT2D eigenvalue weighted by molar-refractivity contribution is 5.96. The highest BCUT2D eigenvalue weighted by Crippen LogP contribution is 2.37. The lowest BCUT2D eigenvalue weighted by molar-refractivity contribution is -0.140. The molecule has 0 radical (unpaired) electrons. The van der Waals surface area contributed by atoms with E-state index in [4.69, 9.17) is 4.74 Å². The maximum atomic E-state index is 12.8. The van der Waals surface area contributed by atoms with Gasteiger partial charge in [-0.05, 0) is 61.3 Å². The number of imide groups is 1. The molecule has 2 bridgehead atoms. The summed E-state index contributed by atoms with van der Waals surface area (Å²) in [4.78, 5) is 52.5. The first-order valence-corrected chi connectivity index (χ1v) is 10.8. The number of hydrogen-bond acceptors (Lipinski definition) is 5. The molecule has 31 heavy (non-hydrogen) atoms. The Morgan fingerprint density at radius 1 is 1.16 bits per heavy atom. The minimum atomic E-state index is -0.789. The van der Waals surface area contributed by atoms with Gasteiger partial charge in [0.25, 0.3) is 0 Å². The zero-order chi connectivity index (χ0) is 22.0. The average molecular weight is 428 g/mol. The lowest BCUT2D eigenvalue weighted by Crippen LogP contribution is -2.48. The van der Waals surface area contributed by atoms with Gasteiger partial charge in [-0.15, -0.1) is 0 Å². The molecule has 4 rings (SSSR count). The van der Waals surface area contributed by atoms with Crippen LogP contribution in [0.5, 0.6) is 0 Å². The molecule has 2 atom stereocenters. The monoisotopic (exact) mass is 428 g/mol. The van der Waals surface area contributed by atoms with Crippen LogP contribution in [0.3, 0.4) is 0 Å². The summed E-state index contributed by atoms with van der Waals surface area (Å²) in [5.74, 6) is -0.0272. The number of piperidine rings is 1. The fourth-order valence-electron chi connectivity index (χ4n) is 4.76. The van der Waals surface area contributed by atoms with Gasteiger partial charge in [-0.25, -0.2) is 14.5 Å². The number of rotatable bonds is 3. The van der Waals surface area contributed by atoms with Crippen molar-refractivity contribution in [3.63, 3.8) is 0 Å². The Morgan fingerprint density at radius 2 is 2.00 bits per heavy atom. The molecule has 0 aromatic heterocycles. The van der Waals surface area contributed by atoms with Gasteiger partial charge < -0.3 is 20.3 Å². The Kier molecular flexibility index (Phi) is 6.11. The number of benzene rings is 1. The fourth-order valence-corrected chi connectivity index (χ4v) is 4.76. The first kappa shape index (κ1) is 21.1. The molecule has 2 aliphatic heterocycles. The van der Waals surface area contributed by atoms with Crippen molar-refractivity contribution < 1.29 is 23.9 Å². The summed E-state index contributed by atoms with van der Waals surface area (Å²) in [6.07, 6.45) is 3.66. The van der Waals surface area contributed by atoms with Crippen LogP contribution in [0, 0.1) is 5.92 Å². The summed E-state index contributed by atoms with van der Waals surface area (Å²) in [6.45, 7) is 0.462. The summed E-state index contributed by atoms with van der Waals surface area (Å²) >= 11 is 0. The number of anilines is 1. The van der Waals surface area contributed by atoms with Gasteiger partial charge >= 0.3 is 12.1 Å². The van der Waals surface area contributed by atoms with E-state index >= 15 is 0 Å². The second-order valence-corrected chi connectivity index (χ2v) is 8.45. The maximum Gasteiger partial charge on any atom is 0.417 e. The molecule has 3 aliphatic rings. The second-order valence-electron chi connectivity index (χ2n) is 8.45. The van der Waals surface area contributed by atoms with E-state index < -0.39 is 12.0 Å². The molecule has 0 spiro atoms. The number of fused-ring (bicyclic) bond motifs is 3. The van der Waals surface area contributed by atoms with Crippen LogP contribution in [0.25, 0.3) is 0 Å². The molecule has 5 amide bonds. The quantitative estimate of drug-likeness (QED) is 0.768. The molecule has 1 saturated carbocycles. The van der Waals surface area contributed by atoms with Gasteiger partial charge in [0.1, 0.15) is 13.2 Å². The van der Waals surface area contributed by atoms with Gasteiger partial charge in [0.05, 0.1) is 0 Å². The van der Waals surface area contributed by atoms with Crippen molar-refractivity contribution in [1.29, 1.82) is 0 Å². The smallest absolute Gasteiger partial charge is 0.417 e. The van der Waals surface area contributed by atoms with Crippen LogP contribution in [0.4, 0.5) is 15.3 Å². The third-order valence-electron chi connectivity index (χ3n) is 6.42. The Hall–Kier alpha value is -3.10. The Balaban J connectivity index is 1.44. The summed E-state index contributed by atoms with van der Waals surface area (Å²) in [6, 6.07) is 5.28. The topological polar surface area (TPSA) is 108 Å².